The van der Waals surface area contributed by atoms with Gasteiger partial charge in [-0.1, -0.05) is 6.58 Å². The van der Waals surface area contributed by atoms with Crippen LogP contribution in [0.25, 0.3) is 5.70 Å². The number of amides is 1. The summed E-state index contributed by atoms with van der Waals surface area (Å²) in [5.74, 6) is -1.21. The van der Waals surface area contributed by atoms with Gasteiger partial charge in [0.25, 0.3) is 0 Å². The zero-order valence-electron chi connectivity index (χ0n) is 21.1. The largest absolute Gasteiger partial charge is 0.487 e. The number of nitrogens with zero attached hydrogens (tertiary/aromatic N) is 5. The summed E-state index contributed by atoms with van der Waals surface area (Å²) in [5.41, 5.74) is 4.45. The molecule has 0 atom stereocenters. The summed E-state index contributed by atoms with van der Waals surface area (Å²) >= 11 is 0. The van der Waals surface area contributed by atoms with Gasteiger partial charge in [0, 0.05) is 69.5 Å². The van der Waals surface area contributed by atoms with Gasteiger partial charge in [-0.2, -0.15) is 5.10 Å². The standard InChI is InChI=1S/C27H33F2N5O2/c1-5-34-16-21(15-30-34)27(31-25-17-33(20(4)35)11-8-18(25)2)19(3)32-12-9-23(10-13-32)36-26-7-6-22(28)14-24(26)29/h6-7,14-16,23H,2,5,8-13,17H2,1,3-4H3/b27-19+,31-25?. The lowest BCUT2D eigenvalue weighted by atomic mass is 10.0. The predicted octanol–water partition coefficient (Wildman–Crippen LogP) is 4.66. The molecule has 2 aliphatic heterocycles. The summed E-state index contributed by atoms with van der Waals surface area (Å²) in [4.78, 5) is 21.1. The van der Waals surface area contributed by atoms with Crippen LogP contribution in [0.15, 0.2) is 53.4 Å². The molecule has 0 radical (unpaired) electrons. The topological polar surface area (TPSA) is 63.0 Å². The molecule has 2 saturated heterocycles. The Hall–Kier alpha value is -3.49. The van der Waals surface area contributed by atoms with Gasteiger partial charge in [0.15, 0.2) is 11.6 Å². The molecule has 1 aromatic carbocycles. The molecular weight excluding hydrogens is 464 g/mol. The number of carbonyl (C=O) groups excluding carboxylic acids is 1. The number of benzene rings is 1. The van der Waals surface area contributed by atoms with E-state index in [2.05, 4.69) is 16.6 Å². The number of ether oxygens (including phenoxy) is 1. The highest BCUT2D eigenvalue weighted by Gasteiger charge is 2.26. The number of likely N-dealkylation sites (tertiary alicyclic amines) is 2. The number of aromatic nitrogens is 2. The van der Waals surface area contributed by atoms with Crippen LogP contribution in [0.4, 0.5) is 8.78 Å². The first-order valence-corrected chi connectivity index (χ1v) is 12.4. The minimum absolute atomic E-state index is 0.0240. The lowest BCUT2D eigenvalue weighted by molar-refractivity contribution is -0.128. The number of allylic oxidation sites excluding steroid dienone is 1. The third kappa shape index (κ3) is 5.83. The van der Waals surface area contributed by atoms with Crippen molar-refractivity contribution in [3.8, 4) is 5.75 Å². The van der Waals surface area contributed by atoms with E-state index in [0.717, 1.165) is 40.9 Å². The molecule has 36 heavy (non-hydrogen) atoms. The van der Waals surface area contributed by atoms with Crippen LogP contribution in [0.2, 0.25) is 0 Å². The van der Waals surface area contributed by atoms with E-state index >= 15 is 0 Å². The molecule has 0 spiro atoms. The summed E-state index contributed by atoms with van der Waals surface area (Å²) in [5, 5.41) is 4.44. The van der Waals surface area contributed by atoms with Gasteiger partial charge in [0.2, 0.25) is 5.91 Å². The quantitative estimate of drug-likeness (QED) is 0.582. The smallest absolute Gasteiger partial charge is 0.219 e. The molecule has 0 N–H and O–H groups in total. The van der Waals surface area contributed by atoms with E-state index in [9.17, 15) is 13.6 Å². The van der Waals surface area contributed by atoms with Crippen molar-refractivity contribution in [3.05, 3.63) is 65.6 Å². The Labute approximate surface area is 210 Å². The Morgan fingerprint density at radius 1 is 1.19 bits per heavy atom. The van der Waals surface area contributed by atoms with Crippen molar-refractivity contribution in [1.82, 2.24) is 19.6 Å². The Morgan fingerprint density at radius 2 is 1.94 bits per heavy atom. The van der Waals surface area contributed by atoms with Crippen molar-refractivity contribution in [1.29, 1.82) is 0 Å². The maximum atomic E-state index is 14.0. The summed E-state index contributed by atoms with van der Waals surface area (Å²) in [7, 11) is 0. The molecule has 192 valence electrons. The first kappa shape index (κ1) is 25.6. The van der Waals surface area contributed by atoms with Crippen molar-refractivity contribution < 1.29 is 18.3 Å². The van der Waals surface area contributed by atoms with Crippen LogP contribution in [-0.2, 0) is 11.3 Å². The van der Waals surface area contributed by atoms with Crippen LogP contribution in [0, 0.1) is 11.6 Å². The zero-order valence-corrected chi connectivity index (χ0v) is 21.1. The maximum Gasteiger partial charge on any atom is 0.219 e. The molecule has 4 rings (SSSR count). The molecule has 2 aromatic rings. The number of carbonyl (C=O) groups is 1. The fourth-order valence-electron chi connectivity index (χ4n) is 4.53. The normalized spacial score (nSPS) is 19.0. The maximum absolute atomic E-state index is 14.0. The van der Waals surface area contributed by atoms with E-state index in [-0.39, 0.29) is 17.8 Å². The molecule has 0 unspecified atom stereocenters. The molecular formula is C27H33F2N5O2. The average molecular weight is 498 g/mol. The minimum atomic E-state index is -0.688. The molecule has 0 bridgehead atoms. The molecule has 1 amide bonds. The Morgan fingerprint density at radius 3 is 2.58 bits per heavy atom. The Kier molecular flexibility index (Phi) is 7.86. The first-order valence-electron chi connectivity index (χ1n) is 12.4. The van der Waals surface area contributed by atoms with Crippen LogP contribution < -0.4 is 4.74 Å². The summed E-state index contributed by atoms with van der Waals surface area (Å²) in [6.45, 7) is 13.1. The minimum Gasteiger partial charge on any atom is -0.487 e. The second-order valence-electron chi connectivity index (χ2n) is 9.25. The van der Waals surface area contributed by atoms with Gasteiger partial charge in [0.05, 0.1) is 24.2 Å². The van der Waals surface area contributed by atoms with E-state index < -0.39 is 11.6 Å². The van der Waals surface area contributed by atoms with E-state index in [1.165, 1.54) is 12.1 Å². The van der Waals surface area contributed by atoms with Gasteiger partial charge in [-0.25, -0.2) is 13.8 Å². The highest BCUT2D eigenvalue weighted by molar-refractivity contribution is 6.06. The Bertz CT molecular complexity index is 1190. The van der Waals surface area contributed by atoms with Gasteiger partial charge in [-0.3, -0.25) is 9.48 Å². The van der Waals surface area contributed by atoms with Crippen molar-refractivity contribution in [2.24, 2.45) is 4.99 Å². The number of rotatable bonds is 6. The van der Waals surface area contributed by atoms with Crippen LogP contribution >= 0.6 is 0 Å². The molecule has 1 aromatic heterocycles. The SMILES string of the molecule is C=C1CCN(C(C)=O)CC1=N/C(=C(\C)N1CCC(Oc2ccc(F)cc2F)CC1)c1cnn(CC)c1. The van der Waals surface area contributed by atoms with Crippen molar-refractivity contribution in [3.63, 3.8) is 0 Å². The third-order valence-corrected chi connectivity index (χ3v) is 6.80. The first-order chi connectivity index (χ1) is 17.2. The van der Waals surface area contributed by atoms with E-state index in [1.54, 1.807) is 11.8 Å². The third-order valence-electron chi connectivity index (χ3n) is 6.80. The van der Waals surface area contributed by atoms with Gasteiger partial charge in [-0.15, -0.1) is 0 Å². The van der Waals surface area contributed by atoms with Gasteiger partial charge in [-0.05, 0) is 38.0 Å². The van der Waals surface area contributed by atoms with Crippen LogP contribution in [0.1, 0.15) is 45.6 Å². The van der Waals surface area contributed by atoms with Gasteiger partial charge < -0.3 is 14.5 Å². The predicted molar refractivity (Wildman–Crippen MR) is 136 cm³/mol. The van der Waals surface area contributed by atoms with Crippen molar-refractivity contribution in [2.45, 2.75) is 52.7 Å². The molecule has 3 heterocycles. The summed E-state index contributed by atoms with van der Waals surface area (Å²) in [6, 6.07) is 3.38. The number of aliphatic imine (C=N–C) groups is 1. The lowest BCUT2D eigenvalue weighted by Crippen LogP contribution is -2.40. The number of aryl methyl sites for hydroxylation is 1. The number of piperidine rings is 2. The summed E-state index contributed by atoms with van der Waals surface area (Å²) < 4.78 is 34.9. The highest BCUT2D eigenvalue weighted by atomic mass is 19.1. The van der Waals surface area contributed by atoms with Crippen LogP contribution in [-0.4, -0.2) is 63.5 Å². The second kappa shape index (κ2) is 11.1. The Balaban J connectivity index is 1.56. The van der Waals surface area contributed by atoms with Crippen molar-refractivity contribution >= 4 is 17.3 Å². The van der Waals surface area contributed by atoms with Gasteiger partial charge in [0.1, 0.15) is 11.9 Å². The van der Waals surface area contributed by atoms with E-state index in [4.69, 9.17) is 9.73 Å². The monoisotopic (exact) mass is 497 g/mol. The number of halogens is 2. The number of hydrogen-bond acceptors (Lipinski definition) is 5. The molecule has 7 nitrogen and oxygen atoms in total. The molecule has 2 aliphatic rings. The highest BCUT2D eigenvalue weighted by Crippen LogP contribution is 2.29. The molecule has 9 heteroatoms. The van der Waals surface area contributed by atoms with Crippen LogP contribution in [0.5, 0.6) is 5.75 Å². The molecule has 2 fully saturated rings. The molecule has 0 saturated carbocycles. The second-order valence-corrected chi connectivity index (χ2v) is 9.25. The molecule has 0 aliphatic carbocycles. The van der Waals surface area contributed by atoms with Crippen LogP contribution in [0.3, 0.4) is 0 Å². The average Bonchev–Trinajstić information content (AvgIpc) is 3.34. The number of hydrogen-bond donors (Lipinski definition) is 0. The lowest BCUT2D eigenvalue weighted by Gasteiger charge is -2.35. The fourth-order valence-corrected chi connectivity index (χ4v) is 4.53. The zero-order chi connectivity index (χ0) is 25.8. The fraction of sp³-hybridized carbons (Fsp3) is 0.444. The van der Waals surface area contributed by atoms with Crippen molar-refractivity contribution in [2.75, 3.05) is 26.2 Å². The van der Waals surface area contributed by atoms with E-state index in [1.807, 2.05) is 30.9 Å². The summed E-state index contributed by atoms with van der Waals surface area (Å²) in [6.07, 6.45) is 5.71. The van der Waals surface area contributed by atoms with E-state index in [0.29, 0.717) is 45.4 Å². The van der Waals surface area contributed by atoms with Gasteiger partial charge >= 0.3 is 0 Å².